The minimum Gasteiger partial charge on any atom is -0.311 e. The van der Waals surface area contributed by atoms with Crippen LogP contribution in [0.25, 0.3) is 0 Å². The number of pyridine rings is 1. The largest absolute Gasteiger partial charge is 0.311 e. The van der Waals surface area contributed by atoms with Crippen LogP contribution in [0.5, 0.6) is 0 Å². The van der Waals surface area contributed by atoms with E-state index in [0.717, 1.165) is 21.1 Å². The maximum Gasteiger partial charge on any atom is 0.0718 e. The third kappa shape index (κ3) is 3.19. The first-order valence-electron chi connectivity index (χ1n) is 5.73. The van der Waals surface area contributed by atoms with Crippen molar-refractivity contribution in [2.45, 2.75) is 12.5 Å². The van der Waals surface area contributed by atoms with E-state index >= 15 is 0 Å². The van der Waals surface area contributed by atoms with Crippen LogP contribution in [0.3, 0.4) is 0 Å². The highest BCUT2D eigenvalue weighted by molar-refractivity contribution is 9.10. The lowest BCUT2D eigenvalue weighted by atomic mass is 10.0. The minimum absolute atomic E-state index is 0.194. The molecule has 94 valence electrons. The second kappa shape index (κ2) is 6.45. The molecule has 0 spiro atoms. The van der Waals surface area contributed by atoms with Crippen LogP contribution < -0.4 is 5.32 Å². The van der Waals surface area contributed by atoms with Gasteiger partial charge in [-0.25, -0.2) is 0 Å². The summed E-state index contributed by atoms with van der Waals surface area (Å²) in [6.07, 6.45) is 2.72. The van der Waals surface area contributed by atoms with Gasteiger partial charge in [-0.05, 0) is 53.2 Å². The Morgan fingerprint density at radius 3 is 2.50 bits per heavy atom. The molecule has 1 N–H and O–H groups in total. The summed E-state index contributed by atoms with van der Waals surface area (Å²) in [6, 6.07) is 12.4. The van der Waals surface area contributed by atoms with E-state index in [9.17, 15) is 0 Å². The standard InChI is InChI=1S/C14H14Br2N2/c1-17-13(14-12(16)7-4-8-18-14)9-10-5-2-3-6-11(10)15/h2-8,13,17H,9H2,1H3. The van der Waals surface area contributed by atoms with E-state index in [4.69, 9.17) is 0 Å². The summed E-state index contributed by atoms with van der Waals surface area (Å²) in [5.41, 5.74) is 2.31. The molecule has 0 amide bonds. The summed E-state index contributed by atoms with van der Waals surface area (Å²) in [4.78, 5) is 4.45. The summed E-state index contributed by atoms with van der Waals surface area (Å²) in [6.45, 7) is 0. The Labute approximate surface area is 124 Å². The highest BCUT2D eigenvalue weighted by Gasteiger charge is 2.15. The molecule has 1 aromatic carbocycles. The highest BCUT2D eigenvalue weighted by Crippen LogP contribution is 2.26. The molecule has 0 bridgehead atoms. The molecule has 4 heteroatoms. The SMILES string of the molecule is CNC(Cc1ccccc1Br)c1ncccc1Br. The lowest BCUT2D eigenvalue weighted by Gasteiger charge is -2.17. The zero-order chi connectivity index (χ0) is 13.0. The number of hydrogen-bond acceptors (Lipinski definition) is 2. The van der Waals surface area contributed by atoms with Crippen molar-refractivity contribution in [2.24, 2.45) is 0 Å². The Hall–Kier alpha value is -0.710. The van der Waals surface area contributed by atoms with Gasteiger partial charge in [0.1, 0.15) is 0 Å². The molecular formula is C14H14Br2N2. The third-order valence-corrected chi connectivity index (χ3v) is 4.29. The molecule has 0 aliphatic heterocycles. The van der Waals surface area contributed by atoms with Crippen LogP contribution in [0.1, 0.15) is 17.3 Å². The van der Waals surface area contributed by atoms with Gasteiger partial charge in [-0.15, -0.1) is 0 Å². The summed E-state index contributed by atoms with van der Waals surface area (Å²) < 4.78 is 2.17. The average Bonchev–Trinajstić information content (AvgIpc) is 2.39. The Morgan fingerprint density at radius 1 is 1.11 bits per heavy atom. The number of halogens is 2. The number of benzene rings is 1. The Bertz CT molecular complexity index is 529. The van der Waals surface area contributed by atoms with E-state index in [1.54, 1.807) is 0 Å². The Morgan fingerprint density at radius 2 is 1.83 bits per heavy atom. The van der Waals surface area contributed by atoms with Crippen molar-refractivity contribution in [3.05, 3.63) is 62.8 Å². The third-order valence-electron chi connectivity index (χ3n) is 2.85. The number of nitrogens with one attached hydrogen (secondary N) is 1. The fourth-order valence-corrected chi connectivity index (χ4v) is 2.85. The fraction of sp³-hybridized carbons (Fsp3) is 0.214. The van der Waals surface area contributed by atoms with Crippen molar-refractivity contribution in [2.75, 3.05) is 7.05 Å². The van der Waals surface area contributed by atoms with Crippen LogP contribution in [0, 0.1) is 0 Å². The van der Waals surface area contributed by atoms with Crippen LogP contribution in [0.15, 0.2) is 51.5 Å². The molecule has 0 saturated carbocycles. The van der Waals surface area contributed by atoms with Gasteiger partial charge in [-0.1, -0.05) is 34.1 Å². The molecule has 0 saturated heterocycles. The van der Waals surface area contributed by atoms with Crippen molar-refractivity contribution < 1.29 is 0 Å². The highest BCUT2D eigenvalue weighted by atomic mass is 79.9. The van der Waals surface area contributed by atoms with Gasteiger partial charge in [-0.3, -0.25) is 4.98 Å². The molecule has 2 aromatic rings. The Kier molecular flexibility index (Phi) is 4.92. The van der Waals surface area contributed by atoms with Crippen molar-refractivity contribution in [1.29, 1.82) is 0 Å². The number of aromatic nitrogens is 1. The van der Waals surface area contributed by atoms with Gasteiger partial charge in [0.05, 0.1) is 11.7 Å². The van der Waals surface area contributed by atoms with Gasteiger partial charge < -0.3 is 5.32 Å². The van der Waals surface area contributed by atoms with Gasteiger partial charge in [0.25, 0.3) is 0 Å². The molecule has 0 fully saturated rings. The van der Waals surface area contributed by atoms with Crippen molar-refractivity contribution >= 4 is 31.9 Å². The molecule has 1 heterocycles. The zero-order valence-corrected chi connectivity index (χ0v) is 13.2. The van der Waals surface area contributed by atoms with Gasteiger partial charge >= 0.3 is 0 Å². The normalized spacial score (nSPS) is 12.4. The summed E-state index contributed by atoms with van der Waals surface area (Å²) in [7, 11) is 1.96. The van der Waals surface area contributed by atoms with E-state index in [2.05, 4.69) is 60.4 Å². The first kappa shape index (κ1) is 13.7. The number of hydrogen-bond donors (Lipinski definition) is 1. The summed E-state index contributed by atoms with van der Waals surface area (Å²) >= 11 is 7.14. The number of nitrogens with zero attached hydrogens (tertiary/aromatic N) is 1. The lowest BCUT2D eigenvalue weighted by Crippen LogP contribution is -2.20. The maximum absolute atomic E-state index is 4.45. The molecule has 1 aromatic heterocycles. The van der Waals surface area contributed by atoms with E-state index < -0.39 is 0 Å². The van der Waals surface area contributed by atoms with Crippen LogP contribution in [0.2, 0.25) is 0 Å². The van der Waals surface area contributed by atoms with Crippen LogP contribution in [-0.2, 0) is 6.42 Å². The second-order valence-corrected chi connectivity index (χ2v) is 5.72. The van der Waals surface area contributed by atoms with Crippen molar-refractivity contribution in [3.8, 4) is 0 Å². The monoisotopic (exact) mass is 368 g/mol. The summed E-state index contributed by atoms with van der Waals surface area (Å²) in [5, 5.41) is 3.32. The molecule has 2 nitrogen and oxygen atoms in total. The molecule has 0 aliphatic carbocycles. The fourth-order valence-electron chi connectivity index (χ4n) is 1.87. The number of likely N-dealkylation sites (N-methyl/N-ethyl adjacent to an activating group) is 1. The van der Waals surface area contributed by atoms with E-state index in [0.29, 0.717) is 0 Å². The molecule has 0 aliphatic rings. The topological polar surface area (TPSA) is 24.9 Å². The van der Waals surface area contributed by atoms with Crippen LogP contribution >= 0.6 is 31.9 Å². The molecule has 18 heavy (non-hydrogen) atoms. The van der Waals surface area contributed by atoms with Gasteiger partial charge in [0.15, 0.2) is 0 Å². The maximum atomic E-state index is 4.45. The minimum atomic E-state index is 0.194. The molecule has 2 rings (SSSR count). The molecule has 0 radical (unpaired) electrons. The lowest BCUT2D eigenvalue weighted by molar-refractivity contribution is 0.572. The molecule has 1 atom stereocenters. The van der Waals surface area contributed by atoms with Gasteiger partial charge in [0, 0.05) is 15.1 Å². The predicted molar refractivity (Wildman–Crippen MR) is 81.6 cm³/mol. The quantitative estimate of drug-likeness (QED) is 0.877. The molecular weight excluding hydrogens is 356 g/mol. The van der Waals surface area contributed by atoms with Gasteiger partial charge in [-0.2, -0.15) is 0 Å². The smallest absolute Gasteiger partial charge is 0.0718 e. The molecule has 1 unspecified atom stereocenters. The zero-order valence-electron chi connectivity index (χ0n) is 10.0. The van der Waals surface area contributed by atoms with Crippen LogP contribution in [0.4, 0.5) is 0 Å². The first-order valence-corrected chi connectivity index (χ1v) is 7.32. The average molecular weight is 370 g/mol. The van der Waals surface area contributed by atoms with E-state index in [1.165, 1.54) is 5.56 Å². The number of rotatable bonds is 4. The van der Waals surface area contributed by atoms with Gasteiger partial charge in [0.2, 0.25) is 0 Å². The van der Waals surface area contributed by atoms with E-state index in [1.807, 2.05) is 31.4 Å². The summed E-state index contributed by atoms with van der Waals surface area (Å²) in [5.74, 6) is 0. The first-order chi connectivity index (χ1) is 8.72. The second-order valence-electron chi connectivity index (χ2n) is 4.01. The van der Waals surface area contributed by atoms with Crippen molar-refractivity contribution in [1.82, 2.24) is 10.3 Å². The Balaban J connectivity index is 2.26. The van der Waals surface area contributed by atoms with Crippen molar-refractivity contribution in [3.63, 3.8) is 0 Å². The van der Waals surface area contributed by atoms with Crippen LogP contribution in [-0.4, -0.2) is 12.0 Å². The van der Waals surface area contributed by atoms with E-state index in [-0.39, 0.29) is 6.04 Å². The predicted octanol–water partition coefficient (Wildman–Crippen LogP) is 4.11.